The fraction of sp³-hybridized carbons (Fsp3) is 0.333. The number of anilines is 2. The van der Waals surface area contributed by atoms with Crippen LogP contribution in [0.3, 0.4) is 0 Å². The van der Waals surface area contributed by atoms with Crippen LogP contribution >= 0.6 is 11.6 Å². The molecule has 2 N–H and O–H groups in total. The number of nitrogens with zero attached hydrogens (tertiary/aromatic N) is 1. The first-order chi connectivity index (χ1) is 14.2. The summed E-state index contributed by atoms with van der Waals surface area (Å²) in [6.07, 6.45) is 1.62. The molecule has 2 aromatic carbocycles. The lowest BCUT2D eigenvalue weighted by Gasteiger charge is -2.17. The molecule has 0 aromatic heterocycles. The number of hydrogen-bond acceptors (Lipinski definition) is 4. The predicted molar refractivity (Wildman–Crippen MR) is 117 cm³/mol. The van der Waals surface area contributed by atoms with Gasteiger partial charge in [0.05, 0.1) is 5.02 Å². The minimum Gasteiger partial charge on any atom is -0.326 e. The fourth-order valence-electron chi connectivity index (χ4n) is 3.04. The Labute approximate surface area is 181 Å². The summed E-state index contributed by atoms with van der Waals surface area (Å²) < 4.78 is 27.1. The number of halogens is 1. The van der Waals surface area contributed by atoms with Crippen molar-refractivity contribution in [1.29, 1.82) is 0 Å². The lowest BCUT2D eigenvalue weighted by Crippen LogP contribution is -2.28. The van der Waals surface area contributed by atoms with E-state index in [1.54, 1.807) is 38.1 Å². The molecule has 7 nitrogen and oxygen atoms in total. The van der Waals surface area contributed by atoms with Gasteiger partial charge in [-0.05, 0) is 55.3 Å². The van der Waals surface area contributed by atoms with Gasteiger partial charge in [-0.3, -0.25) is 9.59 Å². The zero-order valence-electron chi connectivity index (χ0n) is 16.8. The lowest BCUT2D eigenvalue weighted by atomic mass is 10.2. The van der Waals surface area contributed by atoms with Crippen molar-refractivity contribution < 1.29 is 18.0 Å². The molecule has 0 bridgehead atoms. The number of benzene rings is 2. The van der Waals surface area contributed by atoms with Crippen LogP contribution in [0.15, 0.2) is 47.4 Å². The molecule has 2 aromatic rings. The van der Waals surface area contributed by atoms with Gasteiger partial charge in [-0.2, -0.15) is 4.31 Å². The molecular weight excluding hydrogens is 426 g/mol. The van der Waals surface area contributed by atoms with Crippen LogP contribution in [0.2, 0.25) is 5.02 Å². The van der Waals surface area contributed by atoms with Crippen molar-refractivity contribution in [2.75, 3.05) is 23.7 Å². The molecular formula is C21H24ClN3O4S. The lowest BCUT2D eigenvalue weighted by molar-refractivity contribution is -0.118. The first kappa shape index (κ1) is 22.3. The second-order valence-corrected chi connectivity index (χ2v) is 9.75. The van der Waals surface area contributed by atoms with Crippen LogP contribution in [-0.2, 0) is 14.8 Å². The van der Waals surface area contributed by atoms with Crippen molar-refractivity contribution in [2.45, 2.75) is 31.6 Å². The fourth-order valence-corrected chi connectivity index (χ4v) is 5.05. The third kappa shape index (κ3) is 5.00. The van der Waals surface area contributed by atoms with E-state index in [0.717, 1.165) is 12.8 Å². The molecule has 0 aliphatic carbocycles. The van der Waals surface area contributed by atoms with E-state index >= 15 is 0 Å². The monoisotopic (exact) mass is 449 g/mol. The van der Waals surface area contributed by atoms with Crippen LogP contribution in [0.25, 0.3) is 0 Å². The third-order valence-corrected chi connectivity index (χ3v) is 7.19. The average molecular weight is 450 g/mol. The van der Waals surface area contributed by atoms with Gasteiger partial charge in [0.15, 0.2) is 0 Å². The Balaban J connectivity index is 1.75. The van der Waals surface area contributed by atoms with Gasteiger partial charge in [0.25, 0.3) is 5.91 Å². The second-order valence-electron chi connectivity index (χ2n) is 7.43. The van der Waals surface area contributed by atoms with Crippen LogP contribution in [0.1, 0.15) is 37.0 Å². The Kier molecular flexibility index (Phi) is 6.80. The van der Waals surface area contributed by atoms with Crippen LogP contribution in [-0.4, -0.2) is 37.6 Å². The van der Waals surface area contributed by atoms with Gasteiger partial charge in [-0.25, -0.2) is 8.42 Å². The summed E-state index contributed by atoms with van der Waals surface area (Å²) >= 11 is 6.13. The molecule has 0 radical (unpaired) electrons. The molecule has 1 aliphatic rings. The van der Waals surface area contributed by atoms with Crippen LogP contribution < -0.4 is 10.6 Å². The topological polar surface area (TPSA) is 95.6 Å². The molecule has 9 heteroatoms. The standard InChI is InChI=1S/C21H24ClN3O4S/c1-14(2)20(26)23-16-6-8-17(9-7-16)24-21(27)15-5-10-18(22)19(13-15)30(28,29)25-11-3-4-12-25/h5-10,13-14H,3-4,11-12H2,1-2H3,(H,23,26)(H,24,27). The van der Waals surface area contributed by atoms with Gasteiger partial charge in [0.1, 0.15) is 4.90 Å². The zero-order chi connectivity index (χ0) is 21.9. The Morgan fingerprint density at radius 2 is 1.53 bits per heavy atom. The Hall–Kier alpha value is -2.42. The van der Waals surface area contributed by atoms with Gasteiger partial charge in [-0.15, -0.1) is 0 Å². The molecule has 160 valence electrons. The minimum absolute atomic E-state index is 0.0644. The van der Waals surface area contributed by atoms with E-state index in [-0.39, 0.29) is 27.3 Å². The molecule has 0 unspecified atom stereocenters. The minimum atomic E-state index is -3.74. The van der Waals surface area contributed by atoms with Crippen molar-refractivity contribution in [2.24, 2.45) is 5.92 Å². The summed E-state index contributed by atoms with van der Waals surface area (Å²) in [4.78, 5) is 24.3. The molecule has 30 heavy (non-hydrogen) atoms. The smallest absolute Gasteiger partial charge is 0.255 e. The summed E-state index contributed by atoms with van der Waals surface area (Å²) in [5.41, 5.74) is 1.33. The van der Waals surface area contributed by atoms with Crippen molar-refractivity contribution in [3.63, 3.8) is 0 Å². The van der Waals surface area contributed by atoms with Gasteiger partial charge < -0.3 is 10.6 Å². The van der Waals surface area contributed by atoms with Gasteiger partial charge in [0, 0.05) is 35.9 Å². The second kappa shape index (κ2) is 9.16. The number of carbonyl (C=O) groups is 2. The molecule has 2 amide bonds. The summed E-state index contributed by atoms with van der Waals surface area (Å²) in [6, 6.07) is 10.9. The SMILES string of the molecule is CC(C)C(=O)Nc1ccc(NC(=O)c2ccc(Cl)c(S(=O)(=O)N3CCCC3)c2)cc1. The Morgan fingerprint density at radius 3 is 2.10 bits per heavy atom. The molecule has 1 aliphatic heterocycles. The van der Waals surface area contributed by atoms with Gasteiger partial charge in [0.2, 0.25) is 15.9 Å². The highest BCUT2D eigenvalue weighted by Gasteiger charge is 2.29. The molecule has 0 saturated carbocycles. The predicted octanol–water partition coefficient (Wildman–Crippen LogP) is 3.97. The summed E-state index contributed by atoms with van der Waals surface area (Å²) in [7, 11) is -3.74. The van der Waals surface area contributed by atoms with Gasteiger partial charge >= 0.3 is 0 Å². The van der Waals surface area contributed by atoms with E-state index in [1.807, 2.05) is 0 Å². The Morgan fingerprint density at radius 1 is 0.967 bits per heavy atom. The number of hydrogen-bond donors (Lipinski definition) is 2. The molecule has 1 fully saturated rings. The number of sulfonamides is 1. The van der Waals surface area contributed by atoms with Crippen molar-refractivity contribution >= 4 is 44.8 Å². The molecule has 0 spiro atoms. The maximum absolute atomic E-state index is 12.8. The van der Waals surface area contributed by atoms with Gasteiger partial charge in [-0.1, -0.05) is 25.4 Å². The molecule has 1 heterocycles. The molecule has 1 saturated heterocycles. The van der Waals surface area contributed by atoms with E-state index in [4.69, 9.17) is 11.6 Å². The number of amides is 2. The summed E-state index contributed by atoms with van der Waals surface area (Å²) in [6.45, 7) is 4.51. The van der Waals surface area contributed by atoms with Crippen LogP contribution in [0, 0.1) is 5.92 Å². The first-order valence-corrected chi connectivity index (χ1v) is 11.5. The highest BCUT2D eigenvalue weighted by Crippen LogP contribution is 2.28. The summed E-state index contributed by atoms with van der Waals surface area (Å²) in [5.74, 6) is -0.691. The van der Waals surface area contributed by atoms with Crippen molar-refractivity contribution in [1.82, 2.24) is 4.31 Å². The molecule has 3 rings (SSSR count). The highest BCUT2D eigenvalue weighted by molar-refractivity contribution is 7.89. The third-order valence-electron chi connectivity index (χ3n) is 4.81. The van der Waals surface area contributed by atoms with E-state index in [9.17, 15) is 18.0 Å². The number of rotatable bonds is 6. The normalized spacial score (nSPS) is 14.7. The van der Waals surface area contributed by atoms with Crippen molar-refractivity contribution in [3.8, 4) is 0 Å². The van der Waals surface area contributed by atoms with Crippen molar-refractivity contribution in [3.05, 3.63) is 53.1 Å². The van der Waals surface area contributed by atoms with E-state index in [0.29, 0.717) is 24.5 Å². The quantitative estimate of drug-likeness (QED) is 0.697. The highest BCUT2D eigenvalue weighted by atomic mass is 35.5. The Bertz CT molecular complexity index is 1050. The summed E-state index contributed by atoms with van der Waals surface area (Å²) in [5, 5.41) is 5.59. The largest absolute Gasteiger partial charge is 0.326 e. The number of nitrogens with one attached hydrogen (secondary N) is 2. The van der Waals surface area contributed by atoms with E-state index in [2.05, 4.69) is 10.6 Å². The molecule has 0 atom stereocenters. The average Bonchev–Trinajstić information content (AvgIpc) is 3.25. The first-order valence-electron chi connectivity index (χ1n) is 9.70. The zero-order valence-corrected chi connectivity index (χ0v) is 18.4. The van der Waals surface area contributed by atoms with E-state index < -0.39 is 15.9 Å². The van der Waals surface area contributed by atoms with E-state index in [1.165, 1.54) is 22.5 Å². The number of carbonyl (C=O) groups excluding carboxylic acids is 2. The maximum atomic E-state index is 12.8. The maximum Gasteiger partial charge on any atom is 0.255 e. The van der Waals surface area contributed by atoms with Crippen LogP contribution in [0.5, 0.6) is 0 Å². The van der Waals surface area contributed by atoms with Crippen LogP contribution in [0.4, 0.5) is 11.4 Å².